The summed E-state index contributed by atoms with van der Waals surface area (Å²) >= 11 is 0. The lowest BCUT2D eigenvalue weighted by atomic mass is 10.2. The molecule has 1 rings (SSSR count). The van der Waals surface area contributed by atoms with Gasteiger partial charge in [0.25, 0.3) is 5.91 Å². The predicted octanol–water partition coefficient (Wildman–Crippen LogP) is 1.99. The standard InChI is InChI=1S/C13H22N4O/c1-5-6-14-12-7-11(16-10(4)17-12)13(18)15-8-9(2)3/h7,9H,5-6,8H2,1-4H3,(H,15,18)(H,14,16,17). The summed E-state index contributed by atoms with van der Waals surface area (Å²) < 4.78 is 0. The van der Waals surface area contributed by atoms with Crippen LogP contribution in [0.1, 0.15) is 43.5 Å². The zero-order valence-corrected chi connectivity index (χ0v) is 11.6. The van der Waals surface area contributed by atoms with Gasteiger partial charge in [-0.25, -0.2) is 9.97 Å². The molecular weight excluding hydrogens is 228 g/mol. The lowest BCUT2D eigenvalue weighted by Crippen LogP contribution is -2.28. The molecule has 0 aromatic carbocycles. The number of carbonyl (C=O) groups excluding carboxylic acids is 1. The average Bonchev–Trinajstić information content (AvgIpc) is 2.32. The Kier molecular flexibility index (Phi) is 5.55. The van der Waals surface area contributed by atoms with Gasteiger partial charge in [0.1, 0.15) is 17.3 Å². The van der Waals surface area contributed by atoms with E-state index in [0.717, 1.165) is 13.0 Å². The summed E-state index contributed by atoms with van der Waals surface area (Å²) in [6.07, 6.45) is 1.01. The predicted molar refractivity (Wildman–Crippen MR) is 72.7 cm³/mol. The molecule has 1 aromatic rings. The molecule has 18 heavy (non-hydrogen) atoms. The van der Waals surface area contributed by atoms with E-state index in [9.17, 15) is 4.79 Å². The molecule has 0 fully saturated rings. The van der Waals surface area contributed by atoms with Crippen molar-refractivity contribution in [3.8, 4) is 0 Å². The van der Waals surface area contributed by atoms with Crippen molar-refractivity contribution in [2.45, 2.75) is 34.1 Å². The largest absolute Gasteiger partial charge is 0.370 e. The van der Waals surface area contributed by atoms with Crippen LogP contribution in [0, 0.1) is 12.8 Å². The zero-order valence-electron chi connectivity index (χ0n) is 11.6. The van der Waals surface area contributed by atoms with Crippen LogP contribution in [0.5, 0.6) is 0 Å². The quantitative estimate of drug-likeness (QED) is 0.810. The fourth-order valence-electron chi connectivity index (χ4n) is 1.42. The smallest absolute Gasteiger partial charge is 0.270 e. The van der Waals surface area contributed by atoms with Gasteiger partial charge >= 0.3 is 0 Å². The van der Waals surface area contributed by atoms with Crippen LogP contribution in [-0.2, 0) is 0 Å². The van der Waals surface area contributed by atoms with Crippen LogP contribution in [0.4, 0.5) is 5.82 Å². The Hall–Kier alpha value is -1.65. The van der Waals surface area contributed by atoms with E-state index in [1.165, 1.54) is 0 Å². The molecule has 0 aliphatic carbocycles. The fourth-order valence-corrected chi connectivity index (χ4v) is 1.42. The van der Waals surface area contributed by atoms with Crippen LogP contribution >= 0.6 is 0 Å². The molecule has 0 unspecified atom stereocenters. The number of aromatic nitrogens is 2. The highest BCUT2D eigenvalue weighted by molar-refractivity contribution is 5.92. The topological polar surface area (TPSA) is 66.9 Å². The highest BCUT2D eigenvalue weighted by Crippen LogP contribution is 2.07. The third-order valence-corrected chi connectivity index (χ3v) is 2.30. The van der Waals surface area contributed by atoms with Gasteiger partial charge in [0.15, 0.2) is 0 Å². The highest BCUT2D eigenvalue weighted by Gasteiger charge is 2.10. The number of hydrogen-bond acceptors (Lipinski definition) is 4. The van der Waals surface area contributed by atoms with E-state index in [1.807, 2.05) is 0 Å². The second-order valence-electron chi connectivity index (χ2n) is 4.72. The van der Waals surface area contributed by atoms with Crippen LogP contribution < -0.4 is 10.6 Å². The molecule has 0 bridgehead atoms. The van der Waals surface area contributed by atoms with Crippen molar-refractivity contribution >= 4 is 11.7 Å². The Morgan fingerprint density at radius 2 is 2.11 bits per heavy atom. The molecule has 0 atom stereocenters. The summed E-state index contributed by atoms with van der Waals surface area (Å²) in [4.78, 5) is 20.3. The molecule has 1 aromatic heterocycles. The maximum absolute atomic E-state index is 11.9. The van der Waals surface area contributed by atoms with Crippen molar-refractivity contribution in [3.05, 3.63) is 17.6 Å². The molecule has 1 heterocycles. The Balaban J connectivity index is 2.75. The van der Waals surface area contributed by atoms with Crippen LogP contribution in [-0.4, -0.2) is 29.0 Å². The summed E-state index contributed by atoms with van der Waals surface area (Å²) in [5.41, 5.74) is 0.418. The van der Waals surface area contributed by atoms with E-state index >= 15 is 0 Å². The van der Waals surface area contributed by atoms with Crippen LogP contribution in [0.25, 0.3) is 0 Å². The van der Waals surface area contributed by atoms with Crippen molar-refractivity contribution in [2.24, 2.45) is 5.92 Å². The van der Waals surface area contributed by atoms with Crippen molar-refractivity contribution in [2.75, 3.05) is 18.4 Å². The first kappa shape index (κ1) is 14.4. The molecule has 0 aliphatic rings. The monoisotopic (exact) mass is 250 g/mol. The van der Waals surface area contributed by atoms with Gasteiger partial charge in [0.05, 0.1) is 0 Å². The van der Waals surface area contributed by atoms with E-state index in [0.29, 0.717) is 29.8 Å². The van der Waals surface area contributed by atoms with Crippen molar-refractivity contribution in [3.63, 3.8) is 0 Å². The summed E-state index contributed by atoms with van der Waals surface area (Å²) in [6.45, 7) is 9.47. The third kappa shape index (κ3) is 4.69. The Labute approximate surface area is 108 Å². The van der Waals surface area contributed by atoms with Gasteiger partial charge < -0.3 is 10.6 Å². The van der Waals surface area contributed by atoms with Gasteiger partial charge in [0, 0.05) is 19.2 Å². The minimum atomic E-state index is -0.145. The molecule has 0 aliphatic heterocycles. The highest BCUT2D eigenvalue weighted by atomic mass is 16.1. The number of nitrogens with zero attached hydrogens (tertiary/aromatic N) is 2. The van der Waals surface area contributed by atoms with E-state index in [-0.39, 0.29) is 5.91 Å². The normalized spacial score (nSPS) is 10.5. The summed E-state index contributed by atoms with van der Waals surface area (Å²) in [5, 5.41) is 6.02. The summed E-state index contributed by atoms with van der Waals surface area (Å²) in [6, 6.07) is 1.69. The first-order chi connectivity index (χ1) is 8.52. The number of hydrogen-bond donors (Lipinski definition) is 2. The van der Waals surface area contributed by atoms with Crippen LogP contribution in [0.2, 0.25) is 0 Å². The molecule has 0 radical (unpaired) electrons. The summed E-state index contributed by atoms with van der Waals surface area (Å²) in [7, 11) is 0. The van der Waals surface area contributed by atoms with Gasteiger partial charge in [-0.15, -0.1) is 0 Å². The van der Waals surface area contributed by atoms with Gasteiger partial charge in [-0.1, -0.05) is 20.8 Å². The first-order valence-electron chi connectivity index (χ1n) is 6.40. The Morgan fingerprint density at radius 3 is 2.72 bits per heavy atom. The SMILES string of the molecule is CCCNc1cc(C(=O)NCC(C)C)nc(C)n1. The number of carbonyl (C=O) groups is 1. The molecule has 0 saturated heterocycles. The van der Waals surface area contributed by atoms with Crippen LogP contribution in [0.15, 0.2) is 6.07 Å². The van der Waals surface area contributed by atoms with E-state index in [2.05, 4.69) is 41.4 Å². The number of anilines is 1. The average molecular weight is 250 g/mol. The molecule has 5 heteroatoms. The van der Waals surface area contributed by atoms with Gasteiger partial charge in [-0.2, -0.15) is 0 Å². The minimum absolute atomic E-state index is 0.145. The molecule has 0 spiro atoms. The molecule has 0 saturated carbocycles. The number of amides is 1. The van der Waals surface area contributed by atoms with E-state index in [4.69, 9.17) is 0 Å². The van der Waals surface area contributed by atoms with E-state index in [1.54, 1.807) is 13.0 Å². The van der Waals surface area contributed by atoms with Crippen LogP contribution in [0.3, 0.4) is 0 Å². The minimum Gasteiger partial charge on any atom is -0.370 e. The maximum Gasteiger partial charge on any atom is 0.270 e. The molecule has 100 valence electrons. The number of nitrogens with one attached hydrogen (secondary N) is 2. The lowest BCUT2D eigenvalue weighted by Gasteiger charge is -2.09. The second-order valence-corrected chi connectivity index (χ2v) is 4.72. The maximum atomic E-state index is 11.9. The molecule has 2 N–H and O–H groups in total. The molecule has 1 amide bonds. The van der Waals surface area contributed by atoms with Gasteiger partial charge in [0.2, 0.25) is 0 Å². The Bertz CT molecular complexity index is 404. The molecular formula is C13H22N4O. The van der Waals surface area contributed by atoms with E-state index < -0.39 is 0 Å². The summed E-state index contributed by atoms with van der Waals surface area (Å²) in [5.74, 6) is 1.59. The number of rotatable bonds is 6. The van der Waals surface area contributed by atoms with Gasteiger partial charge in [-0.3, -0.25) is 4.79 Å². The Morgan fingerprint density at radius 1 is 1.39 bits per heavy atom. The lowest BCUT2D eigenvalue weighted by molar-refractivity contribution is 0.0943. The third-order valence-electron chi connectivity index (χ3n) is 2.30. The van der Waals surface area contributed by atoms with Gasteiger partial charge in [-0.05, 0) is 19.3 Å². The fraction of sp³-hybridized carbons (Fsp3) is 0.615. The molecule has 5 nitrogen and oxygen atoms in total. The number of aryl methyl sites for hydroxylation is 1. The first-order valence-corrected chi connectivity index (χ1v) is 6.40. The van der Waals surface area contributed by atoms with Crippen molar-refractivity contribution in [1.29, 1.82) is 0 Å². The van der Waals surface area contributed by atoms with Crippen molar-refractivity contribution in [1.82, 2.24) is 15.3 Å². The van der Waals surface area contributed by atoms with Crippen molar-refractivity contribution < 1.29 is 4.79 Å². The second kappa shape index (κ2) is 6.93. The zero-order chi connectivity index (χ0) is 13.5.